The molecule has 0 radical (unpaired) electrons. The number of carbonyl (C=O) groups excluding carboxylic acids is 1. The summed E-state index contributed by atoms with van der Waals surface area (Å²) in [6.45, 7) is 0.231. The number of nitrogens with one attached hydrogen (secondary N) is 1. The number of likely N-dealkylation sites (tertiary alicyclic amines) is 1. The monoisotopic (exact) mass is 366 g/mol. The maximum absolute atomic E-state index is 13.4. The Hall–Kier alpha value is -1.71. The zero-order valence-electron chi connectivity index (χ0n) is 14.1. The van der Waals surface area contributed by atoms with Crippen molar-refractivity contribution in [2.24, 2.45) is 0 Å². The molecule has 1 aliphatic heterocycles. The van der Waals surface area contributed by atoms with Gasteiger partial charge in [0.1, 0.15) is 12.2 Å². The predicted octanol–water partition coefficient (Wildman–Crippen LogP) is 2.58. The molecule has 136 valence electrons. The predicted molar refractivity (Wildman–Crippen MR) is 95.1 cm³/mol. The number of nitriles is 1. The molecule has 0 spiro atoms. The zero-order chi connectivity index (χ0) is 16.9. The van der Waals surface area contributed by atoms with Gasteiger partial charge in [-0.15, -0.1) is 12.4 Å². The summed E-state index contributed by atoms with van der Waals surface area (Å²) in [7, 11) is 0. The Morgan fingerprint density at radius 2 is 2.12 bits per heavy atom. The maximum atomic E-state index is 13.4. The maximum Gasteiger partial charge on any atom is 0.237 e. The van der Waals surface area contributed by atoms with Crippen LogP contribution in [-0.4, -0.2) is 47.1 Å². The van der Waals surface area contributed by atoms with Crippen molar-refractivity contribution in [1.82, 2.24) is 15.2 Å². The van der Waals surface area contributed by atoms with E-state index in [0.29, 0.717) is 12.0 Å². The zero-order valence-corrected chi connectivity index (χ0v) is 14.9. The van der Waals surface area contributed by atoms with E-state index >= 15 is 0 Å². The molecule has 2 heterocycles. The summed E-state index contributed by atoms with van der Waals surface area (Å²) < 4.78 is 13.4. The second-order valence-corrected chi connectivity index (χ2v) is 6.71. The summed E-state index contributed by atoms with van der Waals surface area (Å²) >= 11 is 0. The van der Waals surface area contributed by atoms with E-state index in [-0.39, 0.29) is 37.8 Å². The van der Waals surface area contributed by atoms with Crippen LogP contribution in [0, 0.1) is 11.3 Å². The van der Waals surface area contributed by atoms with Gasteiger partial charge >= 0.3 is 0 Å². The van der Waals surface area contributed by atoms with Crippen molar-refractivity contribution in [3.05, 3.63) is 30.1 Å². The standard InChI is InChI=1S/C18H23FN4O.ClH/c19-14-9-16(10-20)23(12-14)18(24)11-22-15-6-4-13(5-7-15)17-3-1-2-8-21-17;/h1-3,8,13-16,22H,4-7,9,11-12H2;1H. The highest BCUT2D eigenvalue weighted by Gasteiger charge is 2.35. The highest BCUT2D eigenvalue weighted by molar-refractivity contribution is 5.85. The van der Waals surface area contributed by atoms with Crippen molar-refractivity contribution in [3.63, 3.8) is 0 Å². The van der Waals surface area contributed by atoms with Gasteiger partial charge in [0.2, 0.25) is 5.91 Å². The van der Waals surface area contributed by atoms with E-state index in [0.717, 1.165) is 31.4 Å². The van der Waals surface area contributed by atoms with Crippen LogP contribution in [0.5, 0.6) is 0 Å². The molecular weight excluding hydrogens is 343 g/mol. The van der Waals surface area contributed by atoms with Gasteiger partial charge in [0.05, 0.1) is 19.2 Å². The SMILES string of the molecule is Cl.N#CC1CC(F)CN1C(=O)CNC1CCC(c2ccccn2)CC1. The molecule has 1 saturated carbocycles. The third-order valence-corrected chi connectivity index (χ3v) is 5.09. The van der Waals surface area contributed by atoms with Gasteiger partial charge in [-0.2, -0.15) is 5.26 Å². The third kappa shape index (κ3) is 4.90. The fourth-order valence-corrected chi connectivity index (χ4v) is 3.73. The van der Waals surface area contributed by atoms with Crippen molar-refractivity contribution < 1.29 is 9.18 Å². The van der Waals surface area contributed by atoms with Crippen molar-refractivity contribution in [2.45, 2.75) is 56.3 Å². The second-order valence-electron chi connectivity index (χ2n) is 6.71. The second kappa shape index (κ2) is 9.12. The van der Waals surface area contributed by atoms with E-state index in [2.05, 4.69) is 16.4 Å². The molecule has 0 aromatic carbocycles. The van der Waals surface area contributed by atoms with Crippen molar-refractivity contribution >= 4 is 18.3 Å². The first-order valence-corrected chi connectivity index (χ1v) is 8.65. The van der Waals surface area contributed by atoms with Gasteiger partial charge in [-0.1, -0.05) is 6.07 Å². The van der Waals surface area contributed by atoms with Crippen molar-refractivity contribution in [2.75, 3.05) is 13.1 Å². The number of rotatable bonds is 4. The lowest BCUT2D eigenvalue weighted by molar-refractivity contribution is -0.130. The van der Waals surface area contributed by atoms with E-state index in [1.807, 2.05) is 24.4 Å². The fraction of sp³-hybridized carbons (Fsp3) is 0.611. The number of aromatic nitrogens is 1. The van der Waals surface area contributed by atoms with Gasteiger partial charge in [0.25, 0.3) is 0 Å². The molecule has 1 aromatic heterocycles. The lowest BCUT2D eigenvalue weighted by Gasteiger charge is -2.29. The molecule has 25 heavy (non-hydrogen) atoms. The van der Waals surface area contributed by atoms with Crippen molar-refractivity contribution in [1.29, 1.82) is 5.26 Å². The summed E-state index contributed by atoms with van der Waals surface area (Å²) in [5.74, 6) is 0.322. The van der Waals surface area contributed by atoms with Crippen LogP contribution in [-0.2, 0) is 4.79 Å². The van der Waals surface area contributed by atoms with Crippen LogP contribution in [0.3, 0.4) is 0 Å². The van der Waals surface area contributed by atoms with Crippen molar-refractivity contribution in [3.8, 4) is 6.07 Å². The van der Waals surface area contributed by atoms with Crippen LogP contribution < -0.4 is 5.32 Å². The van der Waals surface area contributed by atoms with Crippen LogP contribution in [0.4, 0.5) is 4.39 Å². The molecule has 2 atom stereocenters. The van der Waals surface area contributed by atoms with Crippen LogP contribution in [0.2, 0.25) is 0 Å². The van der Waals surface area contributed by atoms with Crippen LogP contribution in [0.15, 0.2) is 24.4 Å². The molecule has 0 bridgehead atoms. The largest absolute Gasteiger partial charge is 0.323 e. The summed E-state index contributed by atoms with van der Waals surface area (Å²) in [5.41, 5.74) is 1.15. The highest BCUT2D eigenvalue weighted by atomic mass is 35.5. The molecule has 2 unspecified atom stereocenters. The van der Waals surface area contributed by atoms with Gasteiger partial charge in [-0.05, 0) is 37.8 Å². The highest BCUT2D eigenvalue weighted by Crippen LogP contribution is 2.31. The first-order chi connectivity index (χ1) is 11.7. The number of nitrogens with zero attached hydrogens (tertiary/aromatic N) is 3. The Balaban J connectivity index is 0.00000225. The van der Waals surface area contributed by atoms with Crippen LogP contribution in [0.1, 0.15) is 43.7 Å². The summed E-state index contributed by atoms with van der Waals surface area (Å²) in [6.07, 6.45) is 5.01. The molecule has 7 heteroatoms. The molecule has 1 N–H and O–H groups in total. The number of halogens is 2. The Morgan fingerprint density at radius 3 is 2.76 bits per heavy atom. The van der Waals surface area contributed by atoms with Gasteiger partial charge < -0.3 is 10.2 Å². The molecule has 3 rings (SSSR count). The first-order valence-electron chi connectivity index (χ1n) is 8.65. The topological polar surface area (TPSA) is 69.0 Å². The minimum atomic E-state index is -1.08. The van der Waals surface area contributed by atoms with Gasteiger partial charge in [-0.25, -0.2) is 4.39 Å². The van der Waals surface area contributed by atoms with Gasteiger partial charge in [0.15, 0.2) is 0 Å². The van der Waals surface area contributed by atoms with Gasteiger partial charge in [0, 0.05) is 30.3 Å². The van der Waals surface area contributed by atoms with Crippen LogP contribution >= 0.6 is 12.4 Å². The van der Waals surface area contributed by atoms with E-state index in [9.17, 15) is 9.18 Å². The Labute approximate surface area is 154 Å². The van der Waals surface area contributed by atoms with E-state index in [1.54, 1.807) is 0 Å². The molecule has 2 aliphatic rings. The molecule has 1 saturated heterocycles. The van der Waals surface area contributed by atoms with E-state index in [1.165, 1.54) is 4.90 Å². The lowest BCUT2D eigenvalue weighted by Crippen LogP contribution is -2.44. The molecule has 1 aromatic rings. The normalized spacial score (nSPS) is 28.9. The molecular formula is C18H24ClFN4O. The minimum Gasteiger partial charge on any atom is -0.323 e. The number of hydrogen-bond donors (Lipinski definition) is 1. The van der Waals surface area contributed by atoms with Crippen LogP contribution in [0.25, 0.3) is 0 Å². The lowest BCUT2D eigenvalue weighted by atomic mass is 9.84. The first kappa shape index (κ1) is 19.6. The van der Waals surface area contributed by atoms with E-state index in [4.69, 9.17) is 5.26 Å². The number of alkyl halides is 1. The minimum absolute atomic E-state index is 0. The molecule has 5 nitrogen and oxygen atoms in total. The van der Waals surface area contributed by atoms with Gasteiger partial charge in [-0.3, -0.25) is 9.78 Å². The quantitative estimate of drug-likeness (QED) is 0.889. The number of carbonyl (C=O) groups is 1. The Morgan fingerprint density at radius 1 is 1.36 bits per heavy atom. The summed E-state index contributed by atoms with van der Waals surface area (Å²) in [5, 5.41) is 12.3. The molecule has 1 amide bonds. The number of hydrogen-bond acceptors (Lipinski definition) is 4. The Bertz CT molecular complexity index is 601. The molecule has 1 aliphatic carbocycles. The average Bonchev–Trinajstić information content (AvgIpc) is 3.02. The number of pyridine rings is 1. The summed E-state index contributed by atoms with van der Waals surface area (Å²) in [4.78, 5) is 18.0. The Kier molecular flexibility index (Phi) is 7.15. The third-order valence-electron chi connectivity index (χ3n) is 5.09. The van der Waals surface area contributed by atoms with E-state index < -0.39 is 12.2 Å². The summed E-state index contributed by atoms with van der Waals surface area (Å²) in [6, 6.07) is 7.73. The smallest absolute Gasteiger partial charge is 0.237 e. The average molecular weight is 367 g/mol. The fourth-order valence-electron chi connectivity index (χ4n) is 3.73. The number of amides is 1. The molecule has 2 fully saturated rings.